The van der Waals surface area contributed by atoms with Gasteiger partial charge in [-0.2, -0.15) is 0 Å². The van der Waals surface area contributed by atoms with Gasteiger partial charge >= 0.3 is 0 Å². The van der Waals surface area contributed by atoms with E-state index in [0.29, 0.717) is 45.2 Å². The number of benzene rings is 1. The molecule has 0 bridgehead atoms. The fraction of sp³-hybridized carbons (Fsp3) is 0.0909. The number of hydrogen-bond acceptors (Lipinski definition) is 6. The number of nitrogens with one attached hydrogen (secondary N) is 1. The number of carbonyl (C=O) groups excluding carboxylic acids is 1. The first-order chi connectivity index (χ1) is 14.5. The molecule has 0 fully saturated rings. The van der Waals surface area contributed by atoms with Crippen molar-refractivity contribution in [2.45, 2.75) is 6.92 Å². The number of aromatic nitrogens is 3. The number of rotatable bonds is 5. The van der Waals surface area contributed by atoms with Crippen molar-refractivity contribution in [2.24, 2.45) is 5.73 Å². The van der Waals surface area contributed by atoms with Gasteiger partial charge in [-0.05, 0) is 25.1 Å². The average Bonchev–Trinajstić information content (AvgIpc) is 2.73. The lowest BCUT2D eigenvalue weighted by atomic mass is 9.99. The molecular formula is C22H18N4O4. The second-order valence-corrected chi connectivity index (χ2v) is 6.56. The van der Waals surface area contributed by atoms with Crippen molar-refractivity contribution in [3.63, 3.8) is 0 Å². The number of carbonyl (C=O) groups is 1. The fourth-order valence-corrected chi connectivity index (χ4v) is 3.22. The number of methoxy groups -OCH3 is 1. The Bertz CT molecular complexity index is 1330. The molecule has 150 valence electrons. The molecule has 0 atom stereocenters. The topological polar surface area (TPSA) is 120 Å². The maximum Gasteiger partial charge on any atom is 0.261 e. The van der Waals surface area contributed by atoms with Crippen molar-refractivity contribution in [1.82, 2.24) is 15.0 Å². The van der Waals surface area contributed by atoms with Gasteiger partial charge in [-0.15, -0.1) is 0 Å². The minimum Gasteiger partial charge on any atom is -0.481 e. The number of pyridine rings is 3. The Morgan fingerprint density at radius 3 is 2.63 bits per heavy atom. The van der Waals surface area contributed by atoms with E-state index in [0.717, 1.165) is 0 Å². The zero-order valence-corrected chi connectivity index (χ0v) is 16.3. The predicted octanol–water partition coefficient (Wildman–Crippen LogP) is 3.19. The Balaban J connectivity index is 1.89. The van der Waals surface area contributed by atoms with Gasteiger partial charge in [0, 0.05) is 35.2 Å². The number of H-pyrrole nitrogens is 1. The first-order valence-corrected chi connectivity index (χ1v) is 9.08. The third-order valence-electron chi connectivity index (χ3n) is 4.54. The average molecular weight is 402 g/mol. The smallest absolute Gasteiger partial charge is 0.261 e. The Morgan fingerprint density at radius 2 is 1.87 bits per heavy atom. The highest BCUT2D eigenvalue weighted by atomic mass is 16.5. The highest BCUT2D eigenvalue weighted by molar-refractivity contribution is 6.00. The van der Waals surface area contributed by atoms with Crippen LogP contribution in [0.5, 0.6) is 17.4 Å². The molecule has 0 aliphatic heterocycles. The molecule has 8 nitrogen and oxygen atoms in total. The van der Waals surface area contributed by atoms with E-state index in [1.165, 1.54) is 7.11 Å². The summed E-state index contributed by atoms with van der Waals surface area (Å²) in [6.45, 7) is 1.73. The molecule has 0 saturated heterocycles. The summed E-state index contributed by atoms with van der Waals surface area (Å²) in [6.07, 6.45) is 1.61. The quantitative estimate of drug-likeness (QED) is 0.529. The van der Waals surface area contributed by atoms with E-state index in [9.17, 15) is 9.59 Å². The number of aryl methyl sites for hydroxylation is 1. The van der Waals surface area contributed by atoms with Crippen molar-refractivity contribution in [1.29, 1.82) is 0 Å². The molecule has 3 aromatic heterocycles. The Morgan fingerprint density at radius 1 is 1.07 bits per heavy atom. The number of nitrogens with two attached hydrogens (primary N) is 1. The van der Waals surface area contributed by atoms with Crippen LogP contribution in [0.25, 0.3) is 22.2 Å². The van der Waals surface area contributed by atoms with E-state index in [-0.39, 0.29) is 5.56 Å². The molecule has 0 unspecified atom stereocenters. The number of amides is 1. The SMILES string of the molecule is COc1ccc2nccc(Oc3ccccc3-c3cc(C)[nH]c(=O)c3C(N)=O)c2n1. The van der Waals surface area contributed by atoms with E-state index in [1.807, 2.05) is 0 Å². The van der Waals surface area contributed by atoms with E-state index >= 15 is 0 Å². The standard InChI is InChI=1S/C22H18N4O4/c1-12-11-14(19(21(23)27)22(28)25-12)13-5-3-4-6-16(13)30-17-9-10-24-15-7-8-18(29-2)26-20(15)17/h3-11H,1-2H3,(H2,23,27)(H,25,28). The summed E-state index contributed by atoms with van der Waals surface area (Å²) in [5.74, 6) is 0.493. The number of fused-ring (bicyclic) bond motifs is 1. The number of primary amides is 1. The summed E-state index contributed by atoms with van der Waals surface area (Å²) >= 11 is 0. The van der Waals surface area contributed by atoms with E-state index in [4.69, 9.17) is 15.2 Å². The first-order valence-electron chi connectivity index (χ1n) is 9.08. The molecule has 8 heteroatoms. The van der Waals surface area contributed by atoms with Gasteiger partial charge in [-0.3, -0.25) is 14.6 Å². The van der Waals surface area contributed by atoms with Crippen LogP contribution in [0.4, 0.5) is 0 Å². The molecule has 3 heterocycles. The largest absolute Gasteiger partial charge is 0.481 e. The van der Waals surface area contributed by atoms with Gasteiger partial charge in [-0.25, -0.2) is 4.98 Å². The molecule has 30 heavy (non-hydrogen) atoms. The lowest BCUT2D eigenvalue weighted by Crippen LogP contribution is -2.25. The van der Waals surface area contributed by atoms with Gasteiger partial charge in [0.2, 0.25) is 5.88 Å². The summed E-state index contributed by atoms with van der Waals surface area (Å²) in [6, 6.07) is 13.9. The lowest BCUT2D eigenvalue weighted by molar-refractivity contribution is 0.0999. The van der Waals surface area contributed by atoms with Crippen LogP contribution in [0, 0.1) is 6.92 Å². The van der Waals surface area contributed by atoms with Crippen LogP contribution in [-0.2, 0) is 0 Å². The summed E-state index contributed by atoms with van der Waals surface area (Å²) in [5, 5.41) is 0. The number of hydrogen-bond donors (Lipinski definition) is 2. The number of para-hydroxylation sites is 1. The molecule has 3 N–H and O–H groups in total. The first kappa shape index (κ1) is 19.1. The molecule has 4 aromatic rings. The fourth-order valence-electron chi connectivity index (χ4n) is 3.22. The van der Waals surface area contributed by atoms with Crippen LogP contribution in [0.2, 0.25) is 0 Å². The molecule has 1 amide bonds. The summed E-state index contributed by atoms with van der Waals surface area (Å²) in [7, 11) is 1.53. The number of nitrogens with zero attached hydrogens (tertiary/aromatic N) is 2. The van der Waals surface area contributed by atoms with Crippen molar-refractivity contribution >= 4 is 16.9 Å². The molecule has 0 aliphatic rings. The lowest BCUT2D eigenvalue weighted by Gasteiger charge is -2.14. The number of aromatic amines is 1. The summed E-state index contributed by atoms with van der Waals surface area (Å²) in [4.78, 5) is 35.7. The zero-order valence-electron chi connectivity index (χ0n) is 16.3. The van der Waals surface area contributed by atoms with Gasteiger partial charge in [0.05, 0.1) is 12.6 Å². The molecule has 0 aliphatic carbocycles. The second kappa shape index (κ2) is 7.67. The molecule has 0 spiro atoms. The Kier molecular flexibility index (Phi) is 4.89. The van der Waals surface area contributed by atoms with Crippen LogP contribution < -0.4 is 20.8 Å². The van der Waals surface area contributed by atoms with Gasteiger partial charge in [-0.1, -0.05) is 18.2 Å². The minimum atomic E-state index is -0.818. The van der Waals surface area contributed by atoms with Crippen LogP contribution in [0.3, 0.4) is 0 Å². The highest BCUT2D eigenvalue weighted by Crippen LogP contribution is 2.36. The second-order valence-electron chi connectivity index (χ2n) is 6.56. The minimum absolute atomic E-state index is 0.129. The monoisotopic (exact) mass is 402 g/mol. The van der Waals surface area contributed by atoms with Crippen LogP contribution in [0.15, 0.2) is 59.5 Å². The molecule has 0 saturated carbocycles. The number of ether oxygens (including phenoxy) is 2. The molecule has 1 aromatic carbocycles. The van der Waals surface area contributed by atoms with Crippen molar-refractivity contribution in [3.8, 4) is 28.5 Å². The Labute approximate surface area is 171 Å². The van der Waals surface area contributed by atoms with Crippen LogP contribution in [-0.4, -0.2) is 28.0 Å². The highest BCUT2D eigenvalue weighted by Gasteiger charge is 2.19. The van der Waals surface area contributed by atoms with Crippen molar-refractivity contribution < 1.29 is 14.3 Å². The molecular weight excluding hydrogens is 384 g/mol. The normalized spacial score (nSPS) is 10.7. The van der Waals surface area contributed by atoms with E-state index in [1.54, 1.807) is 61.7 Å². The van der Waals surface area contributed by atoms with Crippen molar-refractivity contribution in [2.75, 3.05) is 7.11 Å². The van der Waals surface area contributed by atoms with Gasteiger partial charge in [0.1, 0.15) is 16.8 Å². The van der Waals surface area contributed by atoms with E-state index < -0.39 is 11.5 Å². The van der Waals surface area contributed by atoms with Crippen LogP contribution >= 0.6 is 0 Å². The Hall–Kier alpha value is -4.20. The van der Waals surface area contributed by atoms with Gasteiger partial charge in [0.15, 0.2) is 5.75 Å². The third kappa shape index (κ3) is 3.46. The van der Waals surface area contributed by atoms with Gasteiger partial charge in [0.25, 0.3) is 11.5 Å². The zero-order chi connectivity index (χ0) is 21.3. The summed E-state index contributed by atoms with van der Waals surface area (Å²) < 4.78 is 11.4. The van der Waals surface area contributed by atoms with Crippen LogP contribution in [0.1, 0.15) is 16.1 Å². The maximum atomic E-state index is 12.4. The molecule has 0 radical (unpaired) electrons. The van der Waals surface area contributed by atoms with Gasteiger partial charge < -0.3 is 20.2 Å². The summed E-state index contributed by atoms with van der Waals surface area (Å²) in [5.41, 5.74) is 7.49. The predicted molar refractivity (Wildman–Crippen MR) is 112 cm³/mol. The van der Waals surface area contributed by atoms with Crippen molar-refractivity contribution in [3.05, 3.63) is 76.3 Å². The molecule has 4 rings (SSSR count). The third-order valence-corrected chi connectivity index (χ3v) is 4.54. The maximum absolute atomic E-state index is 12.4. The van der Waals surface area contributed by atoms with E-state index in [2.05, 4.69) is 15.0 Å².